The van der Waals surface area contributed by atoms with Gasteiger partial charge < -0.3 is 4.57 Å². The Morgan fingerprint density at radius 2 is 2.15 bits per heavy atom. The fraction of sp³-hybridized carbons (Fsp3) is 0.400. The van der Waals surface area contributed by atoms with Crippen LogP contribution in [0.15, 0.2) is 18.2 Å². The van der Waals surface area contributed by atoms with Crippen LogP contribution in [0.4, 0.5) is 0 Å². The molecule has 0 unspecified atom stereocenters. The van der Waals surface area contributed by atoms with Crippen LogP contribution in [-0.2, 0) is 13.0 Å². The zero-order valence-corrected chi connectivity index (χ0v) is 12.6. The molecule has 0 amide bonds. The highest BCUT2D eigenvalue weighted by Crippen LogP contribution is 2.29. The first-order valence-electron chi connectivity index (χ1n) is 7.12. The van der Waals surface area contributed by atoms with Crippen molar-refractivity contribution in [2.24, 2.45) is 0 Å². The van der Waals surface area contributed by atoms with Crippen molar-refractivity contribution < 1.29 is 0 Å². The predicted molar refractivity (Wildman–Crippen MR) is 84.5 cm³/mol. The summed E-state index contributed by atoms with van der Waals surface area (Å²) in [5.41, 5.74) is 4.41. The minimum absolute atomic E-state index is 0.441. The number of aryl methyl sites for hydroxylation is 2. The SMILES string of the molecule is CCCCn1c2nc(=S)[nH]nc2c2cccc(CC)c21. The minimum Gasteiger partial charge on any atom is -0.324 e. The highest BCUT2D eigenvalue weighted by Gasteiger charge is 2.15. The molecule has 0 aliphatic heterocycles. The van der Waals surface area contributed by atoms with Crippen LogP contribution in [0, 0.1) is 4.77 Å². The van der Waals surface area contributed by atoms with Crippen LogP contribution < -0.4 is 0 Å². The first-order valence-corrected chi connectivity index (χ1v) is 7.53. The fourth-order valence-electron chi connectivity index (χ4n) is 2.72. The van der Waals surface area contributed by atoms with Gasteiger partial charge in [-0.2, -0.15) is 10.1 Å². The molecule has 0 aliphatic carbocycles. The van der Waals surface area contributed by atoms with Gasteiger partial charge in [0.05, 0.1) is 5.52 Å². The summed E-state index contributed by atoms with van der Waals surface area (Å²) in [6, 6.07) is 6.39. The standard InChI is InChI=1S/C15H18N4S/c1-3-5-9-19-13-10(4-2)7-6-8-11(13)12-14(19)16-15(20)18-17-12/h6-8H,3-5,9H2,1-2H3,(H,16,18,20). The van der Waals surface area contributed by atoms with Crippen LogP contribution in [0.5, 0.6) is 0 Å². The Morgan fingerprint density at radius 1 is 1.30 bits per heavy atom. The third-order valence-electron chi connectivity index (χ3n) is 3.70. The van der Waals surface area contributed by atoms with Crippen molar-refractivity contribution in [1.29, 1.82) is 0 Å². The second-order valence-electron chi connectivity index (χ2n) is 4.98. The fourth-order valence-corrected chi connectivity index (χ4v) is 2.86. The summed E-state index contributed by atoms with van der Waals surface area (Å²) in [4.78, 5) is 4.50. The van der Waals surface area contributed by atoms with Crippen LogP contribution in [0.2, 0.25) is 0 Å². The second-order valence-corrected chi connectivity index (χ2v) is 5.37. The quantitative estimate of drug-likeness (QED) is 0.737. The van der Waals surface area contributed by atoms with Gasteiger partial charge in [0, 0.05) is 11.9 Å². The van der Waals surface area contributed by atoms with Gasteiger partial charge in [-0.15, -0.1) is 0 Å². The summed E-state index contributed by atoms with van der Waals surface area (Å²) >= 11 is 5.13. The molecule has 1 N–H and O–H groups in total. The molecule has 0 saturated carbocycles. The average molecular weight is 286 g/mol. The van der Waals surface area contributed by atoms with Gasteiger partial charge in [-0.25, -0.2) is 0 Å². The van der Waals surface area contributed by atoms with Crippen molar-refractivity contribution in [1.82, 2.24) is 19.7 Å². The number of nitrogens with zero attached hydrogens (tertiary/aromatic N) is 3. The second kappa shape index (κ2) is 5.32. The Morgan fingerprint density at radius 3 is 2.90 bits per heavy atom. The number of rotatable bonds is 4. The topological polar surface area (TPSA) is 46.5 Å². The number of fused-ring (bicyclic) bond motifs is 3. The van der Waals surface area contributed by atoms with E-state index < -0.39 is 0 Å². The lowest BCUT2D eigenvalue weighted by Gasteiger charge is -2.08. The summed E-state index contributed by atoms with van der Waals surface area (Å²) in [6.07, 6.45) is 3.29. The first kappa shape index (κ1) is 13.2. The van der Waals surface area contributed by atoms with E-state index >= 15 is 0 Å². The largest absolute Gasteiger partial charge is 0.324 e. The van der Waals surface area contributed by atoms with Gasteiger partial charge in [-0.1, -0.05) is 38.5 Å². The summed E-state index contributed by atoms with van der Waals surface area (Å²) in [5, 5.41) is 8.38. The van der Waals surface area contributed by atoms with E-state index in [-0.39, 0.29) is 0 Å². The zero-order valence-electron chi connectivity index (χ0n) is 11.8. The van der Waals surface area contributed by atoms with Gasteiger partial charge in [0.15, 0.2) is 5.65 Å². The maximum Gasteiger partial charge on any atom is 0.215 e. The van der Waals surface area contributed by atoms with E-state index in [1.54, 1.807) is 0 Å². The van der Waals surface area contributed by atoms with Crippen LogP contribution in [0.25, 0.3) is 22.1 Å². The molecule has 0 aliphatic rings. The van der Waals surface area contributed by atoms with E-state index in [1.165, 1.54) is 11.1 Å². The molecule has 4 nitrogen and oxygen atoms in total. The van der Waals surface area contributed by atoms with Crippen molar-refractivity contribution in [3.8, 4) is 0 Å². The molecule has 0 spiro atoms. The summed E-state index contributed by atoms with van der Waals surface area (Å²) in [6.45, 7) is 5.34. The van der Waals surface area contributed by atoms with Gasteiger partial charge in [0.25, 0.3) is 0 Å². The number of H-pyrrole nitrogens is 1. The molecule has 0 atom stereocenters. The van der Waals surface area contributed by atoms with Crippen molar-refractivity contribution in [3.05, 3.63) is 28.5 Å². The highest BCUT2D eigenvalue weighted by molar-refractivity contribution is 7.71. The number of aromatic amines is 1. The summed E-state index contributed by atoms with van der Waals surface area (Å²) in [5.74, 6) is 0. The van der Waals surface area contributed by atoms with Gasteiger partial charge >= 0.3 is 0 Å². The van der Waals surface area contributed by atoms with Crippen molar-refractivity contribution >= 4 is 34.3 Å². The van der Waals surface area contributed by atoms with Crippen LogP contribution in [0.3, 0.4) is 0 Å². The Bertz CT molecular complexity index is 816. The third-order valence-corrected chi connectivity index (χ3v) is 3.88. The summed E-state index contributed by atoms with van der Waals surface area (Å²) < 4.78 is 2.72. The number of nitrogens with one attached hydrogen (secondary N) is 1. The van der Waals surface area contributed by atoms with Gasteiger partial charge in [-0.05, 0) is 30.6 Å². The Labute approximate surface area is 122 Å². The molecular weight excluding hydrogens is 268 g/mol. The van der Waals surface area contributed by atoms with Gasteiger partial charge in [-0.3, -0.25) is 5.10 Å². The van der Waals surface area contributed by atoms with E-state index in [9.17, 15) is 0 Å². The molecule has 0 saturated heterocycles. The smallest absolute Gasteiger partial charge is 0.215 e. The zero-order chi connectivity index (χ0) is 14.1. The van der Waals surface area contributed by atoms with Crippen LogP contribution in [0.1, 0.15) is 32.3 Å². The predicted octanol–water partition coefficient (Wildman–Crippen LogP) is 4.00. The molecule has 104 valence electrons. The van der Waals surface area contributed by atoms with Crippen molar-refractivity contribution in [3.63, 3.8) is 0 Å². The molecular formula is C15H18N4S. The first-order chi connectivity index (χ1) is 9.76. The van der Waals surface area contributed by atoms with Crippen molar-refractivity contribution in [2.45, 2.75) is 39.7 Å². The number of para-hydroxylation sites is 1. The number of unbranched alkanes of at least 4 members (excludes halogenated alkanes) is 1. The minimum atomic E-state index is 0.441. The molecule has 0 radical (unpaired) electrons. The van der Waals surface area contributed by atoms with E-state index in [0.29, 0.717) is 4.77 Å². The molecule has 2 aromatic heterocycles. The Hall–Kier alpha value is -1.75. The highest BCUT2D eigenvalue weighted by atomic mass is 32.1. The van der Waals surface area contributed by atoms with E-state index in [4.69, 9.17) is 12.2 Å². The molecule has 20 heavy (non-hydrogen) atoms. The number of hydrogen-bond donors (Lipinski definition) is 1. The molecule has 1 aromatic carbocycles. The maximum atomic E-state index is 5.13. The normalized spacial score (nSPS) is 11.5. The number of benzene rings is 1. The monoisotopic (exact) mass is 286 g/mol. The Balaban J connectivity index is 2.43. The molecule has 2 heterocycles. The van der Waals surface area contributed by atoms with Gasteiger partial charge in [0.1, 0.15) is 5.52 Å². The van der Waals surface area contributed by atoms with Crippen LogP contribution in [-0.4, -0.2) is 19.7 Å². The number of hydrogen-bond acceptors (Lipinski definition) is 3. The molecule has 0 bridgehead atoms. The van der Waals surface area contributed by atoms with Gasteiger partial charge in [0.2, 0.25) is 4.77 Å². The van der Waals surface area contributed by atoms with Crippen molar-refractivity contribution in [2.75, 3.05) is 0 Å². The number of aromatic nitrogens is 4. The van der Waals surface area contributed by atoms with E-state index in [0.717, 1.165) is 42.4 Å². The third kappa shape index (κ3) is 2.02. The van der Waals surface area contributed by atoms with E-state index in [2.05, 4.69) is 51.8 Å². The lowest BCUT2D eigenvalue weighted by Crippen LogP contribution is -2.01. The molecule has 5 heteroatoms. The average Bonchev–Trinajstić information content (AvgIpc) is 2.78. The molecule has 0 fully saturated rings. The lowest BCUT2D eigenvalue weighted by atomic mass is 10.1. The molecule has 3 rings (SSSR count). The van der Waals surface area contributed by atoms with Crippen LogP contribution >= 0.6 is 12.2 Å². The lowest BCUT2D eigenvalue weighted by molar-refractivity contribution is 0.658. The maximum absolute atomic E-state index is 5.13. The molecule has 3 aromatic rings. The van der Waals surface area contributed by atoms with E-state index in [1.807, 2.05) is 0 Å². The summed E-state index contributed by atoms with van der Waals surface area (Å²) in [7, 11) is 0. The Kier molecular flexibility index (Phi) is 3.53.